The minimum Gasteiger partial charge on any atom is -0.445 e. The molecule has 15 heteroatoms. The van der Waals surface area contributed by atoms with Crippen molar-refractivity contribution in [1.82, 2.24) is 39.1 Å². The fourth-order valence-electron chi connectivity index (χ4n) is 8.88. The molecule has 5 heterocycles. The van der Waals surface area contributed by atoms with Crippen LogP contribution in [-0.4, -0.2) is 125 Å². The number of aliphatic hydroxyl groups is 3. The molecule has 1 saturated carbocycles. The Morgan fingerprint density at radius 3 is 2.19 bits per heavy atom. The summed E-state index contributed by atoms with van der Waals surface area (Å²) in [5, 5.41) is 40.4. The zero-order valence-electron chi connectivity index (χ0n) is 32.8. The van der Waals surface area contributed by atoms with Gasteiger partial charge in [-0.25, -0.2) is 9.78 Å². The third-order valence-corrected chi connectivity index (χ3v) is 12.2. The minimum atomic E-state index is -1.11. The Morgan fingerprint density at radius 2 is 1.51 bits per heavy atom. The molecule has 2 saturated heterocycles. The Hall–Kier alpha value is -5.87. The van der Waals surface area contributed by atoms with E-state index in [1.807, 2.05) is 47.0 Å². The van der Waals surface area contributed by atoms with Crippen LogP contribution in [0.3, 0.4) is 0 Å². The maximum absolute atomic E-state index is 12.9. The number of aliphatic hydroxyl groups excluding tert-OH is 3. The SMILES string of the molecule is O=C(OCc1ccccc1)N1CCN(C2CCN(c3nc(NCC(c4ccccc4)c4ccccc4)c4ncn([C@@H]5C[C@H](n6cc(CO)cn6)[C@@H](O)[C@H]5O)c4n3)C2)CC1. The highest BCUT2D eigenvalue weighted by Crippen LogP contribution is 2.40. The fraction of sp³-hybridized carbons (Fsp3) is 0.386. The molecule has 9 rings (SSSR count). The minimum absolute atomic E-state index is 0.0313. The van der Waals surface area contributed by atoms with Crippen LogP contribution in [0.15, 0.2) is 110 Å². The van der Waals surface area contributed by atoms with Crippen LogP contribution in [0.4, 0.5) is 16.6 Å². The lowest BCUT2D eigenvalue weighted by Gasteiger charge is -2.37. The molecule has 2 aliphatic heterocycles. The maximum atomic E-state index is 12.9. The second-order valence-corrected chi connectivity index (χ2v) is 15.7. The fourth-order valence-corrected chi connectivity index (χ4v) is 8.88. The number of carbonyl (C=O) groups excluding carboxylic acids is 1. The lowest BCUT2D eigenvalue weighted by Crippen LogP contribution is -2.52. The molecule has 5 atom stereocenters. The highest BCUT2D eigenvalue weighted by molar-refractivity contribution is 5.84. The van der Waals surface area contributed by atoms with Gasteiger partial charge >= 0.3 is 6.09 Å². The van der Waals surface area contributed by atoms with Crippen LogP contribution in [0, 0.1) is 0 Å². The Labute approximate surface area is 342 Å². The van der Waals surface area contributed by atoms with Gasteiger partial charge in [-0.2, -0.15) is 15.1 Å². The van der Waals surface area contributed by atoms with E-state index in [1.54, 1.807) is 28.3 Å². The van der Waals surface area contributed by atoms with Crippen LogP contribution in [0.2, 0.25) is 0 Å². The molecule has 0 spiro atoms. The number of nitrogens with one attached hydrogen (secondary N) is 1. The zero-order valence-corrected chi connectivity index (χ0v) is 32.8. The lowest BCUT2D eigenvalue weighted by molar-refractivity contribution is 0.00720. The standard InChI is InChI=1S/C44H50N10O5/c55-27-31-23-47-54(25-31)37-22-36(39(56)40(37)57)53-29-46-38-41(45-24-35(32-12-6-2-7-13-32)33-14-8-3-9-15-33)48-43(49-42(38)53)52-17-16-34(26-52)50-18-20-51(21-19-50)44(58)59-28-30-10-4-1-5-11-30/h1-15,23,25,29,34-37,39-40,55-57H,16-22,24,26-28H2,(H,45,48,49)/t34?,36-,37+,39+,40-/m1/s1. The molecule has 3 aromatic heterocycles. The number of hydrogen-bond acceptors (Lipinski definition) is 12. The predicted octanol–water partition coefficient (Wildman–Crippen LogP) is 4.20. The van der Waals surface area contributed by atoms with E-state index >= 15 is 0 Å². The van der Waals surface area contributed by atoms with Gasteiger partial charge in [0.25, 0.3) is 0 Å². The summed E-state index contributed by atoms with van der Waals surface area (Å²) in [5.74, 6) is 1.19. The van der Waals surface area contributed by atoms with Gasteiger partial charge in [0.05, 0.1) is 31.2 Å². The van der Waals surface area contributed by atoms with E-state index in [2.05, 4.69) is 68.7 Å². The Balaban J connectivity index is 0.961. The molecule has 15 nitrogen and oxygen atoms in total. The summed E-state index contributed by atoms with van der Waals surface area (Å²) >= 11 is 0. The summed E-state index contributed by atoms with van der Waals surface area (Å²) < 4.78 is 9.10. The van der Waals surface area contributed by atoms with Gasteiger partial charge in [0.15, 0.2) is 17.0 Å². The smallest absolute Gasteiger partial charge is 0.410 e. The second-order valence-electron chi connectivity index (χ2n) is 15.7. The maximum Gasteiger partial charge on any atom is 0.410 e. The molecule has 1 aliphatic carbocycles. The number of piperazine rings is 1. The van der Waals surface area contributed by atoms with E-state index in [0.29, 0.717) is 61.1 Å². The van der Waals surface area contributed by atoms with Gasteiger partial charge in [-0.05, 0) is 29.5 Å². The zero-order chi connectivity index (χ0) is 40.3. The highest BCUT2D eigenvalue weighted by atomic mass is 16.6. The van der Waals surface area contributed by atoms with Gasteiger partial charge in [0.1, 0.15) is 18.8 Å². The van der Waals surface area contributed by atoms with Gasteiger partial charge in [-0.1, -0.05) is 91.0 Å². The van der Waals surface area contributed by atoms with Crippen LogP contribution in [0.1, 0.15) is 53.1 Å². The van der Waals surface area contributed by atoms with Gasteiger partial charge in [0.2, 0.25) is 5.95 Å². The molecular formula is C44H50N10O5. The topological polar surface area (TPSA) is 170 Å². The highest BCUT2D eigenvalue weighted by Gasteiger charge is 2.45. The molecule has 3 aromatic carbocycles. The van der Waals surface area contributed by atoms with E-state index in [-0.39, 0.29) is 31.3 Å². The van der Waals surface area contributed by atoms with E-state index in [4.69, 9.17) is 19.7 Å². The van der Waals surface area contributed by atoms with Crippen LogP contribution < -0.4 is 10.2 Å². The number of anilines is 2. The van der Waals surface area contributed by atoms with E-state index in [1.165, 1.54) is 11.1 Å². The number of nitrogens with zero attached hydrogens (tertiary/aromatic N) is 9. The first-order valence-corrected chi connectivity index (χ1v) is 20.5. The summed E-state index contributed by atoms with van der Waals surface area (Å²) in [7, 11) is 0. The van der Waals surface area contributed by atoms with Gasteiger partial charge in [-0.3, -0.25) is 9.58 Å². The van der Waals surface area contributed by atoms with Crippen molar-refractivity contribution in [3.63, 3.8) is 0 Å². The van der Waals surface area contributed by atoms with Crippen molar-refractivity contribution in [3.05, 3.63) is 132 Å². The summed E-state index contributed by atoms with van der Waals surface area (Å²) in [4.78, 5) is 34.4. The first kappa shape index (κ1) is 38.6. The van der Waals surface area contributed by atoms with Crippen LogP contribution in [0.5, 0.6) is 0 Å². The monoisotopic (exact) mass is 798 g/mol. The summed E-state index contributed by atoms with van der Waals surface area (Å²) in [6, 6.07) is 29.7. The molecule has 1 amide bonds. The first-order valence-electron chi connectivity index (χ1n) is 20.5. The van der Waals surface area contributed by atoms with Gasteiger partial charge in [-0.15, -0.1) is 0 Å². The van der Waals surface area contributed by atoms with E-state index < -0.39 is 24.3 Å². The molecule has 1 unspecified atom stereocenters. The summed E-state index contributed by atoms with van der Waals surface area (Å²) in [6.45, 7) is 4.80. The number of hydrogen-bond donors (Lipinski definition) is 4. The molecule has 6 aromatic rings. The van der Waals surface area contributed by atoms with Crippen molar-refractivity contribution in [2.45, 2.75) is 62.3 Å². The van der Waals surface area contributed by atoms with Gasteiger partial charge in [0, 0.05) is 69.5 Å². The first-order chi connectivity index (χ1) is 28.9. The number of carbonyl (C=O) groups is 1. The molecule has 3 fully saturated rings. The van der Waals surface area contributed by atoms with E-state index in [0.717, 1.165) is 31.6 Å². The molecule has 59 heavy (non-hydrogen) atoms. The number of amides is 1. The Kier molecular flexibility index (Phi) is 11.2. The molecule has 0 bridgehead atoms. The van der Waals surface area contributed by atoms with Crippen LogP contribution in [-0.2, 0) is 18.0 Å². The average Bonchev–Trinajstić information content (AvgIpc) is 4.11. The Morgan fingerprint density at radius 1 is 0.831 bits per heavy atom. The average molecular weight is 799 g/mol. The lowest BCUT2D eigenvalue weighted by atomic mass is 9.91. The number of ether oxygens (including phenoxy) is 1. The van der Waals surface area contributed by atoms with Crippen molar-refractivity contribution < 1.29 is 24.9 Å². The molecule has 0 radical (unpaired) electrons. The second kappa shape index (κ2) is 17.2. The van der Waals surface area contributed by atoms with E-state index in [9.17, 15) is 20.1 Å². The molecule has 4 N–H and O–H groups in total. The molecule has 306 valence electrons. The number of benzene rings is 3. The number of fused-ring (bicyclic) bond motifs is 1. The summed E-state index contributed by atoms with van der Waals surface area (Å²) in [5.41, 5.74) is 5.08. The van der Waals surface area contributed by atoms with Crippen LogP contribution >= 0.6 is 0 Å². The number of imidazole rings is 1. The largest absolute Gasteiger partial charge is 0.445 e. The van der Waals surface area contributed by atoms with Crippen molar-refractivity contribution in [3.8, 4) is 0 Å². The number of rotatable bonds is 12. The summed E-state index contributed by atoms with van der Waals surface area (Å²) in [6.07, 6.45) is 3.76. The van der Waals surface area contributed by atoms with Crippen molar-refractivity contribution in [1.29, 1.82) is 0 Å². The van der Waals surface area contributed by atoms with Crippen molar-refractivity contribution in [2.75, 3.05) is 56.0 Å². The molecular weight excluding hydrogens is 749 g/mol. The van der Waals surface area contributed by atoms with Crippen molar-refractivity contribution in [2.24, 2.45) is 0 Å². The third-order valence-electron chi connectivity index (χ3n) is 12.2. The normalized spacial score (nSPS) is 22.4. The number of aromatic nitrogens is 6. The molecule has 3 aliphatic rings. The Bertz CT molecular complexity index is 2280. The quantitative estimate of drug-likeness (QED) is 0.140. The van der Waals surface area contributed by atoms with Crippen LogP contribution in [0.25, 0.3) is 11.2 Å². The van der Waals surface area contributed by atoms with Gasteiger partial charge < -0.3 is 39.7 Å². The van der Waals surface area contributed by atoms with Crippen molar-refractivity contribution >= 4 is 29.0 Å². The third kappa shape index (κ3) is 8.11. The predicted molar refractivity (Wildman–Crippen MR) is 222 cm³/mol.